The Morgan fingerprint density at radius 3 is 2.20 bits per heavy atom. The third-order valence-electron chi connectivity index (χ3n) is 8.22. The highest BCUT2D eigenvalue weighted by molar-refractivity contribution is 5.44. The van der Waals surface area contributed by atoms with Gasteiger partial charge in [-0.15, -0.1) is 0 Å². The molecule has 0 amide bonds. The van der Waals surface area contributed by atoms with Gasteiger partial charge in [-0.2, -0.15) is 0 Å². The molecule has 2 aromatic heterocycles. The average molecular weight is 485 g/mol. The van der Waals surface area contributed by atoms with Gasteiger partial charge in [0.15, 0.2) is 0 Å². The lowest BCUT2D eigenvalue weighted by atomic mass is 9.91. The van der Waals surface area contributed by atoms with Crippen molar-refractivity contribution in [3.8, 4) is 0 Å². The fourth-order valence-corrected chi connectivity index (χ4v) is 5.96. The van der Waals surface area contributed by atoms with Crippen molar-refractivity contribution in [3.05, 3.63) is 45.5 Å². The highest BCUT2D eigenvalue weighted by Gasteiger charge is 2.33. The number of hydrogen-bond donors (Lipinski definition) is 1. The fourth-order valence-electron chi connectivity index (χ4n) is 5.96. The Morgan fingerprint density at radius 1 is 0.971 bits per heavy atom. The van der Waals surface area contributed by atoms with Crippen LogP contribution in [0.25, 0.3) is 0 Å². The molecule has 0 fully saturated rings. The van der Waals surface area contributed by atoms with Gasteiger partial charge in [0, 0.05) is 64.1 Å². The van der Waals surface area contributed by atoms with Gasteiger partial charge in [0.05, 0.1) is 13.1 Å². The number of fused-ring (bicyclic) bond motifs is 4. The van der Waals surface area contributed by atoms with Crippen LogP contribution in [0.3, 0.4) is 0 Å². The Hall–Kier alpha value is -1.93. The second-order valence-electron chi connectivity index (χ2n) is 10.3. The van der Waals surface area contributed by atoms with Gasteiger partial charge in [0.25, 0.3) is 0 Å². The van der Waals surface area contributed by atoms with Gasteiger partial charge in [-0.25, -0.2) is 15.0 Å². The number of nitrogens with zero attached hydrogens (tertiary/aromatic N) is 5. The van der Waals surface area contributed by atoms with Crippen LogP contribution in [0.15, 0.2) is 6.07 Å². The van der Waals surface area contributed by atoms with Crippen LogP contribution in [0.4, 0.5) is 0 Å². The smallest absolute Gasteiger partial charge is 0.116 e. The van der Waals surface area contributed by atoms with Gasteiger partial charge in [-0.1, -0.05) is 0 Å². The number of hydrazine groups is 2. The van der Waals surface area contributed by atoms with E-state index in [1.807, 2.05) is 7.05 Å². The highest BCUT2D eigenvalue weighted by atomic mass is 16.1. The van der Waals surface area contributed by atoms with Crippen LogP contribution in [-0.4, -0.2) is 58.6 Å². The summed E-state index contributed by atoms with van der Waals surface area (Å²) in [5, 5.41) is 6.82. The molecule has 0 spiro atoms. The van der Waals surface area contributed by atoms with Crippen LogP contribution in [0.5, 0.6) is 0 Å². The van der Waals surface area contributed by atoms with Crippen LogP contribution in [-0.2, 0) is 57.7 Å². The van der Waals surface area contributed by atoms with Crippen molar-refractivity contribution in [2.24, 2.45) is 14.1 Å². The first-order chi connectivity index (χ1) is 16.7. The molecule has 5 rings (SSSR count). The molecule has 1 atom stereocenters. The Labute approximate surface area is 213 Å². The average Bonchev–Trinajstić information content (AvgIpc) is 3.32. The van der Waals surface area contributed by atoms with Gasteiger partial charge >= 0.3 is 0 Å². The third-order valence-corrected chi connectivity index (χ3v) is 8.22. The Morgan fingerprint density at radius 2 is 1.57 bits per heavy atom. The molecule has 0 saturated heterocycles. The van der Waals surface area contributed by atoms with Crippen molar-refractivity contribution in [2.45, 2.75) is 84.3 Å². The van der Waals surface area contributed by atoms with E-state index in [1.54, 1.807) is 33.8 Å². The minimum Gasteiger partial charge on any atom is -0.350 e. The van der Waals surface area contributed by atoms with Crippen LogP contribution >= 0.6 is 0 Å². The first kappa shape index (κ1) is 27.7. The van der Waals surface area contributed by atoms with E-state index in [2.05, 4.69) is 77.8 Å². The molecule has 1 N–H and O–H groups in total. The second kappa shape index (κ2) is 12.3. The second-order valence-corrected chi connectivity index (χ2v) is 10.3. The molecule has 7 heteroatoms. The Bertz CT molecular complexity index is 990. The molecule has 7 nitrogen and oxygen atoms in total. The van der Waals surface area contributed by atoms with Gasteiger partial charge in [-0.05, 0) is 95.0 Å². The number of carbonyl (C=O) groups excluding carboxylic acids is 1. The maximum absolute atomic E-state index is 8.81. The molecule has 2 aliphatic carbocycles. The van der Waals surface area contributed by atoms with Gasteiger partial charge in [0.1, 0.15) is 6.29 Å². The monoisotopic (exact) mass is 484 g/mol. The van der Waals surface area contributed by atoms with E-state index in [9.17, 15) is 0 Å². The normalized spacial score (nSPS) is 19.6. The molecular weight excluding hydrogens is 436 g/mol. The van der Waals surface area contributed by atoms with Gasteiger partial charge < -0.3 is 13.9 Å². The molecule has 0 saturated carbocycles. The maximum atomic E-state index is 8.81. The van der Waals surface area contributed by atoms with Crippen LogP contribution < -0.4 is 5.43 Å². The van der Waals surface area contributed by atoms with Crippen molar-refractivity contribution in [1.82, 2.24) is 29.6 Å². The molecule has 3 aliphatic rings. The first-order valence-electron chi connectivity index (χ1n) is 13.3. The van der Waals surface area contributed by atoms with E-state index in [0.29, 0.717) is 6.04 Å². The summed E-state index contributed by atoms with van der Waals surface area (Å²) in [4.78, 5) is 8.81. The largest absolute Gasteiger partial charge is 0.350 e. The van der Waals surface area contributed by atoms with E-state index in [1.165, 1.54) is 64.0 Å². The molecule has 0 bridgehead atoms. The molecular formula is C28H48N6O. The summed E-state index contributed by atoms with van der Waals surface area (Å²) in [5.74, 6) is 0. The Kier molecular flexibility index (Phi) is 9.76. The number of hydrogen-bond acceptors (Lipinski definition) is 5. The molecule has 3 heterocycles. The third kappa shape index (κ3) is 5.91. The van der Waals surface area contributed by atoms with E-state index >= 15 is 0 Å². The standard InChI is InChI=1S/C14H23N3.C12H21N3.C2H4O/c1-10-14-11-7-5-6-8-12(11)16(3)13(14)9-15(2)17(10)4;1-13-14(2)9-11-8-10-6-4-5-7-12(10)15(11)3;1-2-3/h10H,5-9H2,1-4H3;8,13H,4-7,9H2,1-3H3;2H,1H3. The molecule has 0 radical (unpaired) electrons. The van der Waals surface area contributed by atoms with Crippen molar-refractivity contribution in [3.63, 3.8) is 0 Å². The molecule has 1 unspecified atom stereocenters. The van der Waals surface area contributed by atoms with Crippen LogP contribution in [0.2, 0.25) is 0 Å². The van der Waals surface area contributed by atoms with E-state index in [4.69, 9.17) is 4.79 Å². The zero-order valence-corrected chi connectivity index (χ0v) is 23.4. The maximum Gasteiger partial charge on any atom is 0.116 e. The van der Waals surface area contributed by atoms with E-state index in [0.717, 1.165) is 19.4 Å². The number of aromatic nitrogens is 2. The van der Waals surface area contributed by atoms with Gasteiger partial charge in [0.2, 0.25) is 0 Å². The van der Waals surface area contributed by atoms with Crippen molar-refractivity contribution >= 4 is 6.29 Å². The zero-order chi connectivity index (χ0) is 25.7. The van der Waals surface area contributed by atoms with Crippen molar-refractivity contribution in [1.29, 1.82) is 0 Å². The quantitative estimate of drug-likeness (QED) is 0.528. The topological polar surface area (TPSA) is 48.7 Å². The van der Waals surface area contributed by atoms with Crippen molar-refractivity contribution in [2.75, 3.05) is 28.2 Å². The minimum atomic E-state index is 0.525. The lowest BCUT2D eigenvalue weighted by molar-refractivity contribution is -0.106. The lowest BCUT2D eigenvalue weighted by Crippen LogP contribution is -2.42. The summed E-state index contributed by atoms with van der Waals surface area (Å²) in [7, 11) is 12.9. The summed E-state index contributed by atoms with van der Waals surface area (Å²) in [6.07, 6.45) is 11.3. The molecule has 35 heavy (non-hydrogen) atoms. The van der Waals surface area contributed by atoms with Gasteiger partial charge in [-0.3, -0.25) is 5.43 Å². The fraction of sp³-hybridized carbons (Fsp3) is 0.679. The predicted octanol–water partition coefficient (Wildman–Crippen LogP) is 3.93. The molecule has 0 aromatic carbocycles. The van der Waals surface area contributed by atoms with E-state index in [-0.39, 0.29) is 0 Å². The summed E-state index contributed by atoms with van der Waals surface area (Å²) in [5.41, 5.74) is 14.1. The zero-order valence-electron chi connectivity index (χ0n) is 23.4. The Balaban J connectivity index is 0.000000177. The predicted molar refractivity (Wildman–Crippen MR) is 144 cm³/mol. The number of aldehydes is 1. The van der Waals surface area contributed by atoms with Crippen LogP contribution in [0, 0.1) is 0 Å². The summed E-state index contributed by atoms with van der Waals surface area (Å²) in [6, 6.07) is 2.90. The molecule has 1 aliphatic heterocycles. The first-order valence-corrected chi connectivity index (χ1v) is 13.3. The lowest BCUT2D eigenvalue weighted by Gasteiger charge is -2.39. The minimum absolute atomic E-state index is 0.525. The summed E-state index contributed by atoms with van der Waals surface area (Å²) >= 11 is 0. The summed E-state index contributed by atoms with van der Waals surface area (Å²) < 4.78 is 4.85. The number of nitrogens with one attached hydrogen (secondary N) is 1. The number of aryl methyl sites for hydroxylation is 1. The SMILES string of the molecule is CC1c2c3c(n(C)c2CN(C)N1C)CCCC3.CC=O.CNN(C)Cc1cc2c(n1C)CCCC2. The molecule has 2 aromatic rings. The van der Waals surface area contributed by atoms with Crippen molar-refractivity contribution < 1.29 is 4.79 Å². The highest BCUT2D eigenvalue weighted by Crippen LogP contribution is 2.38. The summed E-state index contributed by atoms with van der Waals surface area (Å²) in [6.45, 7) is 5.81. The van der Waals surface area contributed by atoms with Crippen LogP contribution in [0.1, 0.15) is 85.0 Å². The number of carbonyl (C=O) groups is 1. The molecule has 196 valence electrons. The van der Waals surface area contributed by atoms with E-state index < -0.39 is 0 Å². The number of rotatable bonds is 3.